The number of aldehydes is 2. The van der Waals surface area contributed by atoms with Crippen LogP contribution in [0.3, 0.4) is 0 Å². The number of unbranched alkanes of at least 4 members (excludes halogenated alkanes) is 1. The van der Waals surface area contributed by atoms with Gasteiger partial charge in [-0.2, -0.15) is 0 Å². The van der Waals surface area contributed by atoms with E-state index in [0.29, 0.717) is 44.1 Å². The van der Waals surface area contributed by atoms with Crippen LogP contribution in [0.15, 0.2) is 30.3 Å². The number of likely N-dealkylation sites (N-methyl/N-ethyl adjacent to an activating group) is 2. The minimum Gasteiger partial charge on any atom is -0.481 e. The zero-order valence-corrected chi connectivity index (χ0v) is 41.2. The molecule has 0 saturated carbocycles. The van der Waals surface area contributed by atoms with E-state index in [1.165, 1.54) is 13.5 Å². The van der Waals surface area contributed by atoms with Crippen LogP contribution in [-0.4, -0.2) is 154 Å². The third-order valence-electron chi connectivity index (χ3n) is 11.1. The number of benzene rings is 1. The summed E-state index contributed by atoms with van der Waals surface area (Å²) in [5.41, 5.74) is 5.23. The monoisotopic (exact) mass is 898 g/mol. The first kappa shape index (κ1) is 65.4. The van der Waals surface area contributed by atoms with Crippen molar-refractivity contribution in [1.29, 1.82) is 0 Å². The number of likely N-dealkylation sites (tertiary alicyclic amines) is 1. The number of hydrogen-bond acceptors (Lipinski definition) is 11. The lowest BCUT2D eigenvalue weighted by Gasteiger charge is -2.37. The molecule has 8 unspecified atom stereocenters. The molecule has 16 nitrogen and oxygen atoms in total. The third-order valence-corrected chi connectivity index (χ3v) is 11.1. The van der Waals surface area contributed by atoms with E-state index in [1.54, 1.807) is 24.0 Å². The number of ether oxygens (including phenoxy) is 2. The molecule has 0 aromatic heterocycles. The molecule has 2 rings (SSSR count). The Morgan fingerprint density at radius 3 is 1.87 bits per heavy atom. The Morgan fingerprint density at radius 2 is 1.48 bits per heavy atom. The molecule has 1 aliphatic rings. The van der Waals surface area contributed by atoms with Gasteiger partial charge < -0.3 is 55.0 Å². The Labute approximate surface area is 380 Å². The van der Waals surface area contributed by atoms with E-state index in [-0.39, 0.29) is 67.3 Å². The van der Waals surface area contributed by atoms with Crippen molar-refractivity contribution in [2.24, 2.45) is 29.4 Å². The number of nitrogens with one attached hydrogen (secondary N) is 1. The van der Waals surface area contributed by atoms with Gasteiger partial charge in [0.2, 0.25) is 24.6 Å². The molecule has 1 aliphatic heterocycles. The number of methoxy groups -OCH3 is 2. The zero-order valence-electron chi connectivity index (χ0n) is 41.2. The molecule has 1 saturated heterocycles. The van der Waals surface area contributed by atoms with Gasteiger partial charge in [0.25, 0.3) is 0 Å². The zero-order chi connectivity index (χ0) is 49.5. The van der Waals surface area contributed by atoms with E-state index < -0.39 is 11.9 Å². The van der Waals surface area contributed by atoms with E-state index in [2.05, 4.69) is 50.7 Å². The van der Waals surface area contributed by atoms with Crippen molar-refractivity contribution in [1.82, 2.24) is 20.0 Å². The number of carbonyl (C=O) groups excluding carboxylic acids is 6. The maximum Gasteiger partial charge on any atom is 0.307 e. The quantitative estimate of drug-likeness (QED) is 0.0853. The van der Waals surface area contributed by atoms with Crippen molar-refractivity contribution >= 4 is 43.2 Å². The number of amides is 4. The molecule has 0 bridgehead atoms. The molecule has 5 N–H and O–H groups in total. The molecule has 4 amide bonds. The summed E-state index contributed by atoms with van der Waals surface area (Å²) in [6.45, 7) is 17.5. The van der Waals surface area contributed by atoms with Crippen LogP contribution in [0.1, 0.15) is 112 Å². The minimum absolute atomic E-state index is 0.0340. The van der Waals surface area contributed by atoms with Crippen molar-refractivity contribution in [3.63, 3.8) is 0 Å². The summed E-state index contributed by atoms with van der Waals surface area (Å²) in [5.74, 6) is -0.614. The maximum absolute atomic E-state index is 11.9. The number of rotatable bonds is 23. The Bertz CT molecular complexity index is 1320. The predicted octanol–water partition coefficient (Wildman–Crippen LogP) is 4.87. The number of carboxylic acid groups (broad SMARTS) is 1. The number of nitrogens with two attached hydrogens (primary N) is 1. The first-order valence-electron chi connectivity index (χ1n) is 22.1. The highest BCUT2D eigenvalue weighted by atomic mass is 16.5. The van der Waals surface area contributed by atoms with Gasteiger partial charge in [-0.15, -0.1) is 0 Å². The maximum atomic E-state index is 11.9. The van der Waals surface area contributed by atoms with Gasteiger partial charge in [0.05, 0.1) is 30.7 Å². The van der Waals surface area contributed by atoms with Crippen LogP contribution in [0.4, 0.5) is 0 Å². The topological polar surface area (TPSA) is 226 Å². The fourth-order valence-electron chi connectivity index (χ4n) is 6.98. The van der Waals surface area contributed by atoms with Crippen molar-refractivity contribution in [3.05, 3.63) is 35.9 Å². The molecule has 1 aromatic rings. The third kappa shape index (κ3) is 28.2. The summed E-state index contributed by atoms with van der Waals surface area (Å²) in [7, 11) is 9.83. The van der Waals surface area contributed by atoms with Gasteiger partial charge in [-0.3, -0.25) is 24.0 Å². The second-order valence-corrected chi connectivity index (χ2v) is 15.8. The second kappa shape index (κ2) is 41.7. The van der Waals surface area contributed by atoms with Crippen LogP contribution in [0.2, 0.25) is 0 Å². The van der Waals surface area contributed by atoms with Gasteiger partial charge in [-0.25, -0.2) is 0 Å². The average molecular weight is 898 g/mol. The number of aliphatic carboxylic acids is 1. The van der Waals surface area contributed by atoms with Gasteiger partial charge in [0.15, 0.2) is 0 Å². The van der Waals surface area contributed by atoms with Gasteiger partial charge in [0.1, 0.15) is 12.6 Å². The second-order valence-electron chi connectivity index (χ2n) is 15.8. The van der Waals surface area contributed by atoms with E-state index in [4.69, 9.17) is 19.4 Å². The molecule has 16 heteroatoms. The summed E-state index contributed by atoms with van der Waals surface area (Å²) >= 11 is 0. The summed E-state index contributed by atoms with van der Waals surface area (Å²) in [4.78, 5) is 80.5. The molecule has 0 aliphatic carbocycles. The van der Waals surface area contributed by atoms with Gasteiger partial charge in [-0.05, 0) is 69.5 Å². The predicted molar refractivity (Wildman–Crippen MR) is 250 cm³/mol. The SMILES string of the molecule is CC(C)C(C)N(C)C(=O)CCCC=O.CCC.CCC(C)C(C(CC=O)OC)N(C)C(=O)CNC=O.CO.COC(C(C)C(Cc1ccccc1)C(=O)O)C1CCCN1C.NC=O. The Balaban J connectivity index is -0.000000389. The smallest absolute Gasteiger partial charge is 0.307 e. The standard InChI is InChI=1S/C18H27NO3.C13H24N2O4.C11H21NO2.C3H8.CH3NO.CH4O/c1-13(17(22-3)16-10-7-11-19(16)2)15(18(20)21)12-14-8-5-4-6-9-14;1-5-10(2)13(11(19-4)6-7-16)15(3)12(18)8-14-9-17;1-9(2)10(3)12(4)11(14)7-5-6-8-13;1-3-2;2-1-3;1-2/h4-6,8-9,13,15-17H,7,10-12H2,1-3H3,(H,20,21);7,9-11,13H,5-6,8H2,1-4H3,(H,14,17);8-10H,5-7H2,1-4H3;3H2,1-2H3;1H,(H2,2,3);2H,1H3. The van der Waals surface area contributed by atoms with Crippen molar-refractivity contribution < 1.29 is 53.2 Å². The number of nitrogens with zero attached hydrogens (tertiary/aromatic N) is 3. The van der Waals surface area contributed by atoms with Crippen LogP contribution in [0.25, 0.3) is 0 Å². The van der Waals surface area contributed by atoms with E-state index in [1.807, 2.05) is 65.1 Å². The Kier molecular flexibility index (Phi) is 43.3. The molecule has 366 valence electrons. The normalized spacial score (nSPS) is 16.0. The van der Waals surface area contributed by atoms with Gasteiger partial charge >= 0.3 is 5.97 Å². The van der Waals surface area contributed by atoms with Crippen LogP contribution < -0.4 is 11.1 Å². The highest BCUT2D eigenvalue weighted by Gasteiger charge is 2.39. The minimum atomic E-state index is -0.737. The van der Waals surface area contributed by atoms with E-state index >= 15 is 0 Å². The van der Waals surface area contributed by atoms with Gasteiger partial charge in [0, 0.05) is 66.8 Å². The van der Waals surface area contributed by atoms with Gasteiger partial charge in [-0.1, -0.05) is 91.6 Å². The highest BCUT2D eigenvalue weighted by Crippen LogP contribution is 2.30. The van der Waals surface area contributed by atoms with Crippen molar-refractivity contribution in [2.75, 3.05) is 55.6 Å². The lowest BCUT2D eigenvalue weighted by Crippen LogP contribution is -2.51. The van der Waals surface area contributed by atoms with Crippen LogP contribution in [0.5, 0.6) is 0 Å². The van der Waals surface area contributed by atoms with Crippen LogP contribution in [0, 0.1) is 23.7 Å². The van der Waals surface area contributed by atoms with Crippen molar-refractivity contribution in [2.45, 2.75) is 144 Å². The van der Waals surface area contributed by atoms with E-state index in [9.17, 15) is 33.9 Å². The lowest BCUT2D eigenvalue weighted by atomic mass is 9.81. The summed E-state index contributed by atoms with van der Waals surface area (Å²) in [6, 6.07) is 10.2. The van der Waals surface area contributed by atoms with Crippen LogP contribution in [-0.2, 0) is 49.5 Å². The summed E-state index contributed by atoms with van der Waals surface area (Å²) < 4.78 is 11.1. The molecule has 0 spiro atoms. The summed E-state index contributed by atoms with van der Waals surface area (Å²) in [6.07, 6.45) is 8.78. The van der Waals surface area contributed by atoms with Crippen molar-refractivity contribution in [3.8, 4) is 0 Å². The highest BCUT2D eigenvalue weighted by molar-refractivity contribution is 5.80. The molecule has 1 aromatic carbocycles. The molecule has 1 fully saturated rings. The largest absolute Gasteiger partial charge is 0.481 e. The Hall–Kier alpha value is -4.25. The number of aliphatic hydroxyl groups excluding tert-OH is 1. The summed E-state index contributed by atoms with van der Waals surface area (Å²) in [5, 5.41) is 19.0. The number of hydrogen-bond donors (Lipinski definition) is 4. The lowest BCUT2D eigenvalue weighted by molar-refractivity contribution is -0.146. The average Bonchev–Trinajstić information content (AvgIpc) is 3.70. The first-order valence-corrected chi connectivity index (χ1v) is 22.1. The Morgan fingerprint density at radius 1 is 0.921 bits per heavy atom. The molecule has 1 heterocycles. The molecular weight excluding hydrogens is 811 g/mol. The fourth-order valence-corrected chi connectivity index (χ4v) is 6.98. The number of aliphatic hydroxyl groups is 1. The molecular formula is C47H87N5O11. The molecule has 8 atom stereocenters. The molecule has 63 heavy (non-hydrogen) atoms. The molecule has 0 radical (unpaired) electrons. The number of carbonyl (C=O) groups is 7. The van der Waals surface area contributed by atoms with Crippen LogP contribution >= 0.6 is 0 Å². The first-order chi connectivity index (χ1) is 29.9. The number of carboxylic acids is 1. The number of primary amides is 1. The fraction of sp³-hybridized carbons (Fsp3) is 0.723. The van der Waals surface area contributed by atoms with E-state index in [0.717, 1.165) is 51.1 Å².